The normalized spacial score (nSPS) is 12.0. The van der Waals surface area contributed by atoms with Gasteiger partial charge in [-0.25, -0.2) is 0 Å². The lowest BCUT2D eigenvalue weighted by Gasteiger charge is -2.20. The van der Waals surface area contributed by atoms with Gasteiger partial charge in [0.05, 0.1) is 79.3 Å². The topological polar surface area (TPSA) is 174 Å². The minimum Gasteiger partial charge on any atom is -0.490 e. The van der Waals surface area contributed by atoms with Crippen molar-refractivity contribution in [3.8, 4) is 69.0 Å². The second-order valence-corrected chi connectivity index (χ2v) is 41.0. The van der Waals surface area contributed by atoms with Crippen LogP contribution in [-0.2, 0) is 0 Å². The molecule has 8 aromatic rings. The molecule has 144 heavy (non-hydrogen) atoms. The van der Waals surface area contributed by atoms with Gasteiger partial charge < -0.3 is 76.8 Å². The molecule has 0 amide bonds. The van der Waals surface area contributed by atoms with Crippen molar-refractivity contribution in [1.82, 2.24) is 19.9 Å². The van der Waals surface area contributed by atoms with Gasteiger partial charge in [-0.1, -0.05) is 391 Å². The highest BCUT2D eigenvalue weighted by Crippen LogP contribution is 2.48. The smallest absolute Gasteiger partial charge is 0.203 e. The highest BCUT2D eigenvalue weighted by atomic mass is 16.6. The van der Waals surface area contributed by atoms with Gasteiger partial charge in [0.1, 0.15) is 0 Å². The quantitative estimate of drug-likeness (QED) is 0.0266. The van der Waals surface area contributed by atoms with E-state index >= 15 is 0 Å². The van der Waals surface area contributed by atoms with Crippen LogP contribution in [0.25, 0.3) is 22.3 Å². The van der Waals surface area contributed by atoms with Crippen molar-refractivity contribution in [2.75, 3.05) is 79.3 Å². The Bertz CT molecular complexity index is 4230. The average Bonchev–Trinajstić information content (AvgIpc) is 1.59. The Hall–Kier alpha value is -8.92. The number of aromatic amines is 4. The first kappa shape index (κ1) is 119. The Balaban J connectivity index is 1.49. The molecule has 0 unspecified atom stereocenters. The summed E-state index contributed by atoms with van der Waals surface area (Å²) in [5.41, 5.74) is 10.8. The van der Waals surface area contributed by atoms with E-state index in [1.807, 2.05) is 0 Å². The maximum Gasteiger partial charge on any atom is 0.203 e. The van der Waals surface area contributed by atoms with E-state index in [-0.39, 0.29) is 0 Å². The van der Waals surface area contributed by atoms with Crippen molar-refractivity contribution in [1.29, 1.82) is 0 Å². The summed E-state index contributed by atoms with van der Waals surface area (Å²) >= 11 is 0. The lowest BCUT2D eigenvalue weighted by molar-refractivity contribution is 0.234. The lowest BCUT2D eigenvalue weighted by atomic mass is 10.0. The Morgan fingerprint density at radius 2 is 0.264 bits per heavy atom. The maximum absolute atomic E-state index is 7.27. The fraction of sp³-hybridized carbons (Fsp3) is 0.656. The number of H-pyrrole nitrogens is 4. The van der Waals surface area contributed by atoms with E-state index in [0.717, 1.165) is 294 Å². The van der Waals surface area contributed by atoms with E-state index in [1.165, 1.54) is 180 Å². The second kappa shape index (κ2) is 74.0. The molecule has 0 saturated carbocycles. The molecule has 4 aromatic heterocycles. The first-order chi connectivity index (χ1) is 71.1. The van der Waals surface area contributed by atoms with E-state index in [2.05, 4.69) is 200 Å². The van der Waals surface area contributed by atoms with Crippen LogP contribution in [0.3, 0.4) is 0 Å². The van der Waals surface area contributed by atoms with Crippen molar-refractivity contribution >= 4 is 22.3 Å². The summed E-state index contributed by atoms with van der Waals surface area (Å²) in [6.07, 6.45) is 66.3. The van der Waals surface area contributed by atoms with Crippen LogP contribution < -0.4 is 78.2 Å². The predicted molar refractivity (Wildman–Crippen MR) is 605 cm³/mol. The number of benzene rings is 4. The molecule has 0 spiro atoms. The van der Waals surface area contributed by atoms with Crippen LogP contribution in [0.2, 0.25) is 0 Å². The summed E-state index contributed by atoms with van der Waals surface area (Å²) in [6.45, 7) is 33.9. The Kier molecular flexibility index (Phi) is 61.0. The van der Waals surface area contributed by atoms with E-state index in [4.69, 9.17) is 56.8 Å². The molecule has 4 aromatic carbocycles. The molecule has 4 N–H and O–H groups in total. The summed E-state index contributed by atoms with van der Waals surface area (Å²) in [5, 5.41) is 3.50. The minimum atomic E-state index is 0.536. The number of fused-ring (bicyclic) bond motifs is 8. The van der Waals surface area contributed by atoms with E-state index in [1.54, 1.807) is 0 Å². The first-order valence-electron chi connectivity index (χ1n) is 59.7. The van der Waals surface area contributed by atoms with Gasteiger partial charge in [0, 0.05) is 66.5 Å². The van der Waals surface area contributed by atoms with Gasteiger partial charge in [-0.15, -0.1) is 0 Å². The molecule has 804 valence electrons. The van der Waals surface area contributed by atoms with Crippen LogP contribution >= 0.6 is 0 Å². The summed E-state index contributed by atoms with van der Waals surface area (Å²) in [6, 6.07) is 36.1. The van der Waals surface area contributed by atoms with Gasteiger partial charge >= 0.3 is 0 Å². The van der Waals surface area contributed by atoms with Crippen molar-refractivity contribution in [3.05, 3.63) is 163 Å². The fourth-order valence-corrected chi connectivity index (χ4v) is 19.5. The van der Waals surface area contributed by atoms with Gasteiger partial charge in [0.25, 0.3) is 0 Å². The second-order valence-electron chi connectivity index (χ2n) is 41.0. The van der Waals surface area contributed by atoms with E-state index in [9.17, 15) is 0 Å². The van der Waals surface area contributed by atoms with Gasteiger partial charge in [0.2, 0.25) is 23.0 Å². The zero-order chi connectivity index (χ0) is 102. The number of hydrogen-bond acceptors (Lipinski definition) is 12. The summed E-state index contributed by atoms with van der Waals surface area (Å²) in [4.78, 5) is 17.1. The average molecular weight is 1990 g/mol. The number of hydrogen-bond donors (Lipinski definition) is 4. The van der Waals surface area contributed by atoms with Crippen molar-refractivity contribution in [2.45, 2.75) is 468 Å². The Morgan fingerprint density at radius 1 is 0.139 bits per heavy atom. The molecular weight excluding hydrogens is 1790 g/mol. The zero-order valence-electron chi connectivity index (χ0n) is 93.0. The lowest BCUT2D eigenvalue weighted by Crippen LogP contribution is -2.19. The largest absolute Gasteiger partial charge is 0.490 e. The van der Waals surface area contributed by atoms with E-state index in [0.29, 0.717) is 148 Å². The molecule has 1 aliphatic rings. The summed E-state index contributed by atoms with van der Waals surface area (Å²) < 4.78 is 86.8. The number of nitrogens with one attached hydrogen (secondary N) is 4. The number of rotatable bonds is 88. The summed E-state index contributed by atoms with van der Waals surface area (Å²) in [5.74, 6) is 8.12. The van der Waals surface area contributed by atoms with Crippen LogP contribution in [0, 0.1) is 0 Å². The van der Waals surface area contributed by atoms with Gasteiger partial charge in [-0.3, -0.25) is 0 Å². The Morgan fingerprint density at radius 3 is 0.396 bits per heavy atom. The molecule has 8 bridgehead atoms. The van der Waals surface area contributed by atoms with Crippen molar-refractivity contribution in [2.24, 2.45) is 0 Å². The molecule has 5 heterocycles. The highest BCUT2D eigenvalue weighted by Gasteiger charge is 2.29. The third kappa shape index (κ3) is 42.0. The third-order valence-electron chi connectivity index (χ3n) is 28.2. The molecule has 0 atom stereocenters. The van der Waals surface area contributed by atoms with E-state index < -0.39 is 0 Å². The molecule has 0 radical (unpaired) electrons. The third-order valence-corrected chi connectivity index (χ3v) is 28.2. The van der Waals surface area contributed by atoms with Crippen molar-refractivity contribution in [3.63, 3.8) is 0 Å². The van der Waals surface area contributed by atoms with Crippen LogP contribution in [0.15, 0.2) is 97.1 Å². The SMILES string of the molecule is CCCCCCCOc1cc(C2=c3ccc([nH]3)=C(c3cc(OCCCCCCC)c(OCCCCCCC)c(OCCCCCCC)c3)c3ccc([nH]3)C(c3cc(OCCCCCCC)c(OCCCCCCC)c(OCCCCCCC)c3)=c3ccc([nH]3)=C(c3cc(OCCCCCCC)c(OCCCCCCC)c(OCCCCCCC)c3)c3ccc2[nH]3)cc(OCCCCCCC)c1OCCCCCCC. The molecule has 0 saturated heterocycles. The monoisotopic (exact) mass is 1990 g/mol. The molecule has 1 aliphatic heterocycles. The van der Waals surface area contributed by atoms with Crippen LogP contribution in [-0.4, -0.2) is 99.2 Å². The van der Waals surface area contributed by atoms with Gasteiger partial charge in [-0.2, -0.15) is 0 Å². The fourth-order valence-electron chi connectivity index (χ4n) is 19.5. The first-order valence-corrected chi connectivity index (χ1v) is 59.7. The van der Waals surface area contributed by atoms with Crippen LogP contribution in [0.1, 0.15) is 513 Å². The van der Waals surface area contributed by atoms with Crippen molar-refractivity contribution < 1.29 is 56.8 Å². The zero-order valence-corrected chi connectivity index (χ0v) is 93.0. The molecular formula is C128H200N4O12. The molecule has 0 fully saturated rings. The molecule has 0 aliphatic carbocycles. The predicted octanol–water partition coefficient (Wildman–Crippen LogP) is 34.5. The number of ether oxygens (including phenoxy) is 12. The van der Waals surface area contributed by atoms with Crippen LogP contribution in [0.5, 0.6) is 69.0 Å². The minimum absolute atomic E-state index is 0.536. The number of aromatic nitrogens is 4. The van der Waals surface area contributed by atoms with Gasteiger partial charge in [0.15, 0.2) is 46.0 Å². The number of unbranched alkanes of at least 4 members (excludes halogenated alkanes) is 48. The Labute approximate surface area is 873 Å². The standard InChI is InChI=1S/C128H200N4O12/c1-13-25-37-49-61-81-133-113-93-101(94-114(134-82-62-50-38-26-14-2)125(113)141-89-69-57-45-33-21-9)121-105-73-75-107(129-105)122(102-95-115(135-83-63-51-39-27-15-3)126(142-90-70-58-46-34-22-10)116(96-102)136-84-64-52-40-28-16-4)109-77-79-111(131-109)124(104-99-119(139-87-67-55-43-31-19-7)128(144-92-72-60-48-36-24-12)120(100-104)140-88-68-56-44-32-20-8)112-80-78-110(132-112)123(108-76-74-106(121)130-108)103-97-117(137-85-65-53-41-29-17-5)127(143-91-71-59-47-35-23-11)118(98-103)138-86-66-54-42-30-18-6/h73-80,93-100,129-132H,13-72,81-92H2,1-12H3. The maximum atomic E-state index is 7.27. The van der Waals surface area contributed by atoms with Gasteiger partial charge in [-0.05, 0) is 196 Å². The molecule has 9 rings (SSSR count). The van der Waals surface area contributed by atoms with Crippen LogP contribution in [0.4, 0.5) is 0 Å². The summed E-state index contributed by atoms with van der Waals surface area (Å²) in [7, 11) is 0. The highest BCUT2D eigenvalue weighted by molar-refractivity contribution is 5.87. The molecule has 16 heteroatoms. The molecule has 16 nitrogen and oxygen atoms in total.